The summed E-state index contributed by atoms with van der Waals surface area (Å²) in [5.74, 6) is 1.14. The summed E-state index contributed by atoms with van der Waals surface area (Å²) in [4.78, 5) is 3.77. The first kappa shape index (κ1) is 15.5. The molecule has 0 atom stereocenters. The molecule has 18 heavy (non-hydrogen) atoms. The van der Waals surface area contributed by atoms with Gasteiger partial charge in [-0.05, 0) is 63.5 Å². The van der Waals surface area contributed by atoms with Crippen LogP contribution in [0.1, 0.15) is 25.3 Å². The van der Waals surface area contributed by atoms with E-state index in [9.17, 15) is 0 Å². The maximum atomic E-state index is 3.19. The molecule has 1 aromatic rings. The number of unbranched alkanes of at least 4 members (excludes halogenated alkanes) is 1. The highest BCUT2D eigenvalue weighted by atomic mass is 32.2. The SMILES string of the molecule is CCSc1ccc(CN(C)CCCCNC)cc1. The van der Waals surface area contributed by atoms with Crippen molar-refractivity contribution in [2.75, 3.05) is 32.9 Å². The number of hydrogen-bond donors (Lipinski definition) is 1. The molecule has 0 fully saturated rings. The highest BCUT2D eigenvalue weighted by Crippen LogP contribution is 2.18. The highest BCUT2D eigenvalue weighted by molar-refractivity contribution is 7.99. The molecule has 102 valence electrons. The summed E-state index contributed by atoms with van der Waals surface area (Å²) in [6, 6.07) is 8.97. The Morgan fingerprint density at radius 1 is 1.17 bits per heavy atom. The van der Waals surface area contributed by atoms with Crippen molar-refractivity contribution in [2.24, 2.45) is 0 Å². The first-order valence-corrected chi connectivity index (χ1v) is 7.79. The van der Waals surface area contributed by atoms with Gasteiger partial charge in [-0.15, -0.1) is 11.8 Å². The van der Waals surface area contributed by atoms with E-state index in [1.807, 2.05) is 18.8 Å². The molecular formula is C15H26N2S. The third-order valence-corrected chi connectivity index (χ3v) is 3.80. The third kappa shape index (κ3) is 6.43. The Labute approximate surface area is 116 Å². The van der Waals surface area contributed by atoms with Gasteiger partial charge in [0.25, 0.3) is 0 Å². The lowest BCUT2D eigenvalue weighted by Gasteiger charge is -2.16. The second-order valence-electron chi connectivity index (χ2n) is 4.63. The molecular weight excluding hydrogens is 240 g/mol. The summed E-state index contributed by atoms with van der Waals surface area (Å²) in [7, 11) is 4.22. The first-order chi connectivity index (χ1) is 8.76. The smallest absolute Gasteiger partial charge is 0.0230 e. The summed E-state index contributed by atoms with van der Waals surface area (Å²) in [5.41, 5.74) is 1.41. The lowest BCUT2D eigenvalue weighted by atomic mass is 10.2. The van der Waals surface area contributed by atoms with Crippen LogP contribution < -0.4 is 5.32 Å². The lowest BCUT2D eigenvalue weighted by Crippen LogP contribution is -2.20. The van der Waals surface area contributed by atoms with Gasteiger partial charge in [0.05, 0.1) is 0 Å². The number of benzene rings is 1. The average molecular weight is 266 g/mol. The first-order valence-electron chi connectivity index (χ1n) is 6.81. The van der Waals surface area contributed by atoms with E-state index >= 15 is 0 Å². The van der Waals surface area contributed by atoms with Crippen LogP contribution in [0.15, 0.2) is 29.2 Å². The van der Waals surface area contributed by atoms with Gasteiger partial charge in [-0.3, -0.25) is 0 Å². The van der Waals surface area contributed by atoms with Crippen molar-refractivity contribution in [1.82, 2.24) is 10.2 Å². The lowest BCUT2D eigenvalue weighted by molar-refractivity contribution is 0.318. The molecule has 0 aliphatic rings. The fraction of sp³-hybridized carbons (Fsp3) is 0.600. The zero-order valence-electron chi connectivity index (χ0n) is 11.9. The minimum Gasteiger partial charge on any atom is -0.320 e. The Hall–Kier alpha value is -0.510. The fourth-order valence-electron chi connectivity index (χ4n) is 1.93. The van der Waals surface area contributed by atoms with E-state index in [0.717, 1.165) is 18.8 Å². The quantitative estimate of drug-likeness (QED) is 0.546. The van der Waals surface area contributed by atoms with Gasteiger partial charge in [0, 0.05) is 11.4 Å². The van der Waals surface area contributed by atoms with Crippen LogP contribution in [-0.2, 0) is 6.54 Å². The van der Waals surface area contributed by atoms with Crippen molar-refractivity contribution < 1.29 is 0 Å². The van der Waals surface area contributed by atoms with Crippen molar-refractivity contribution in [1.29, 1.82) is 0 Å². The Balaban J connectivity index is 2.28. The number of rotatable bonds is 9. The van der Waals surface area contributed by atoms with Crippen LogP contribution >= 0.6 is 11.8 Å². The molecule has 0 aliphatic heterocycles. The van der Waals surface area contributed by atoms with Crippen molar-refractivity contribution in [3.05, 3.63) is 29.8 Å². The maximum Gasteiger partial charge on any atom is 0.0230 e. The minimum atomic E-state index is 1.05. The van der Waals surface area contributed by atoms with E-state index in [1.165, 1.54) is 29.8 Å². The molecule has 0 aliphatic carbocycles. The Bertz CT molecular complexity index is 311. The van der Waals surface area contributed by atoms with Gasteiger partial charge in [0.1, 0.15) is 0 Å². The molecule has 3 heteroatoms. The fourth-order valence-corrected chi connectivity index (χ4v) is 2.59. The molecule has 0 unspecified atom stereocenters. The minimum absolute atomic E-state index is 1.05. The molecule has 0 bridgehead atoms. The van der Waals surface area contributed by atoms with Gasteiger partial charge in [-0.1, -0.05) is 19.1 Å². The van der Waals surface area contributed by atoms with Crippen molar-refractivity contribution in [3.8, 4) is 0 Å². The van der Waals surface area contributed by atoms with E-state index in [-0.39, 0.29) is 0 Å². The molecule has 0 spiro atoms. The molecule has 0 heterocycles. The van der Waals surface area contributed by atoms with Gasteiger partial charge < -0.3 is 10.2 Å². The summed E-state index contributed by atoms with van der Waals surface area (Å²) in [5, 5.41) is 3.19. The molecule has 0 aromatic heterocycles. The summed E-state index contributed by atoms with van der Waals surface area (Å²) < 4.78 is 0. The van der Waals surface area contributed by atoms with Crippen LogP contribution in [0.4, 0.5) is 0 Å². The molecule has 0 radical (unpaired) electrons. The molecule has 0 saturated heterocycles. The number of nitrogens with one attached hydrogen (secondary N) is 1. The van der Waals surface area contributed by atoms with Crippen LogP contribution in [0.25, 0.3) is 0 Å². The van der Waals surface area contributed by atoms with Crippen LogP contribution in [0, 0.1) is 0 Å². The summed E-state index contributed by atoms with van der Waals surface area (Å²) >= 11 is 1.90. The van der Waals surface area contributed by atoms with Gasteiger partial charge >= 0.3 is 0 Å². The van der Waals surface area contributed by atoms with Crippen LogP contribution in [0.2, 0.25) is 0 Å². The topological polar surface area (TPSA) is 15.3 Å². The number of thioether (sulfide) groups is 1. The van der Waals surface area contributed by atoms with Gasteiger partial charge in [-0.25, -0.2) is 0 Å². The number of nitrogens with zero attached hydrogens (tertiary/aromatic N) is 1. The van der Waals surface area contributed by atoms with E-state index in [2.05, 4.69) is 48.5 Å². The van der Waals surface area contributed by atoms with E-state index in [4.69, 9.17) is 0 Å². The van der Waals surface area contributed by atoms with Gasteiger partial charge in [0.15, 0.2) is 0 Å². The number of hydrogen-bond acceptors (Lipinski definition) is 3. The zero-order valence-corrected chi connectivity index (χ0v) is 12.7. The Morgan fingerprint density at radius 2 is 1.89 bits per heavy atom. The predicted octanol–water partition coefficient (Wildman–Crippen LogP) is 3.23. The highest BCUT2D eigenvalue weighted by Gasteiger charge is 2.00. The van der Waals surface area contributed by atoms with E-state index in [0.29, 0.717) is 0 Å². The van der Waals surface area contributed by atoms with E-state index < -0.39 is 0 Å². The van der Waals surface area contributed by atoms with Crippen LogP contribution in [0.3, 0.4) is 0 Å². The van der Waals surface area contributed by atoms with Crippen LogP contribution in [-0.4, -0.2) is 37.8 Å². The molecule has 1 N–H and O–H groups in total. The monoisotopic (exact) mass is 266 g/mol. The Morgan fingerprint density at radius 3 is 2.50 bits per heavy atom. The largest absolute Gasteiger partial charge is 0.320 e. The molecule has 0 amide bonds. The molecule has 1 aromatic carbocycles. The molecule has 0 saturated carbocycles. The molecule has 2 nitrogen and oxygen atoms in total. The normalized spacial score (nSPS) is 11.1. The molecule has 1 rings (SSSR count). The third-order valence-electron chi connectivity index (χ3n) is 2.90. The van der Waals surface area contributed by atoms with Gasteiger partial charge in [0.2, 0.25) is 0 Å². The van der Waals surface area contributed by atoms with Crippen molar-refractivity contribution in [3.63, 3.8) is 0 Å². The summed E-state index contributed by atoms with van der Waals surface area (Å²) in [6.07, 6.45) is 2.52. The second kappa shape index (κ2) is 9.42. The Kier molecular flexibility index (Phi) is 8.14. The average Bonchev–Trinajstić information content (AvgIpc) is 2.37. The maximum absolute atomic E-state index is 3.19. The van der Waals surface area contributed by atoms with E-state index in [1.54, 1.807) is 0 Å². The standard InChI is InChI=1S/C15H26N2S/c1-4-18-15-9-7-14(8-10-15)13-17(3)12-6-5-11-16-2/h7-10,16H,4-6,11-13H2,1-3H3. The van der Waals surface area contributed by atoms with Crippen molar-refractivity contribution in [2.45, 2.75) is 31.2 Å². The summed E-state index contributed by atoms with van der Waals surface area (Å²) in [6.45, 7) is 5.54. The predicted molar refractivity (Wildman–Crippen MR) is 82.3 cm³/mol. The zero-order chi connectivity index (χ0) is 13.2. The second-order valence-corrected chi connectivity index (χ2v) is 5.96. The van der Waals surface area contributed by atoms with Gasteiger partial charge in [-0.2, -0.15) is 0 Å². The van der Waals surface area contributed by atoms with Crippen molar-refractivity contribution >= 4 is 11.8 Å². The van der Waals surface area contributed by atoms with Crippen LogP contribution in [0.5, 0.6) is 0 Å².